The Kier molecular flexibility index (Phi) is 11.5. The van der Waals surface area contributed by atoms with E-state index >= 15 is 0 Å². The van der Waals surface area contributed by atoms with Gasteiger partial charge in [0.2, 0.25) is 0 Å². The van der Waals surface area contributed by atoms with Crippen LogP contribution in [-0.2, 0) is 4.74 Å². The Bertz CT molecular complexity index is 427. The van der Waals surface area contributed by atoms with Crippen LogP contribution < -0.4 is 10.6 Å². The maximum absolute atomic E-state index is 11.8. The first-order valence-corrected chi connectivity index (χ1v) is 9.15. The molecule has 1 aliphatic heterocycles. The number of thioether (sulfide) groups is 1. The van der Waals surface area contributed by atoms with Crippen molar-refractivity contribution in [3.63, 3.8) is 0 Å². The molecule has 1 amide bonds. The van der Waals surface area contributed by atoms with Gasteiger partial charge in [-0.25, -0.2) is 4.79 Å². The minimum Gasteiger partial charge on any atom is -0.444 e. The topological polar surface area (TPSA) is 66.0 Å². The van der Waals surface area contributed by atoms with Crippen LogP contribution in [0.2, 0.25) is 0 Å². The van der Waals surface area contributed by atoms with E-state index in [2.05, 4.69) is 27.1 Å². The molecule has 24 heavy (non-hydrogen) atoms. The molecule has 1 saturated heterocycles. The van der Waals surface area contributed by atoms with E-state index in [4.69, 9.17) is 4.74 Å². The molecule has 0 spiro atoms. The summed E-state index contributed by atoms with van der Waals surface area (Å²) in [5.74, 6) is 2.86. The molecule has 1 aliphatic rings. The molecule has 1 atom stereocenters. The van der Waals surface area contributed by atoms with Crippen molar-refractivity contribution in [2.24, 2.45) is 4.99 Å². The second-order valence-electron chi connectivity index (χ2n) is 6.42. The number of amides is 1. The van der Waals surface area contributed by atoms with Crippen LogP contribution in [0.3, 0.4) is 0 Å². The molecule has 1 fully saturated rings. The predicted octanol–water partition coefficient (Wildman–Crippen LogP) is 2.70. The van der Waals surface area contributed by atoms with E-state index in [0.29, 0.717) is 0 Å². The minimum absolute atomic E-state index is 0. The maximum atomic E-state index is 11.8. The number of rotatable bonds is 6. The molecule has 0 aromatic heterocycles. The number of aliphatic imine (C=N–C) groups is 1. The molecule has 6 nitrogen and oxygen atoms in total. The highest BCUT2D eigenvalue weighted by Gasteiger charge is 2.27. The summed E-state index contributed by atoms with van der Waals surface area (Å²) >= 11 is 1.83. The first-order chi connectivity index (χ1) is 10.9. The highest BCUT2D eigenvalue weighted by molar-refractivity contribution is 14.0. The quantitative estimate of drug-likeness (QED) is 0.206. The summed E-state index contributed by atoms with van der Waals surface area (Å²) in [6.45, 7) is 11.8. The minimum atomic E-state index is -0.469. The molecular formula is C16H31IN4O2S. The summed E-state index contributed by atoms with van der Waals surface area (Å²) in [5.41, 5.74) is -0.469. The van der Waals surface area contributed by atoms with Gasteiger partial charge in [0.15, 0.2) is 5.96 Å². The standard InChI is InChI=1S/C16H30N4O2S.HI/c1-6-10-23-11-8-18-14(17-5)20-9-7-13(12-20)19-15(21)22-16(2,3)4;/h6,13H,1,7-12H2,2-5H3,(H,17,18)(H,19,21);1H. The molecule has 1 heterocycles. The number of alkyl carbamates (subject to hydrolysis) is 1. The normalized spacial score (nSPS) is 17.9. The number of nitrogens with one attached hydrogen (secondary N) is 2. The third kappa shape index (κ3) is 9.61. The van der Waals surface area contributed by atoms with E-state index in [1.165, 1.54) is 0 Å². The fourth-order valence-corrected chi connectivity index (χ4v) is 2.86. The van der Waals surface area contributed by atoms with Gasteiger partial charge in [0.1, 0.15) is 5.60 Å². The molecule has 0 saturated carbocycles. The number of hydrogen-bond donors (Lipinski definition) is 2. The number of carbonyl (C=O) groups is 1. The van der Waals surface area contributed by atoms with Crippen molar-refractivity contribution >= 4 is 47.8 Å². The number of halogens is 1. The van der Waals surface area contributed by atoms with Crippen LogP contribution in [0.1, 0.15) is 27.2 Å². The molecule has 0 bridgehead atoms. The van der Waals surface area contributed by atoms with Gasteiger partial charge in [-0.3, -0.25) is 4.99 Å². The summed E-state index contributed by atoms with van der Waals surface area (Å²) < 4.78 is 5.30. The van der Waals surface area contributed by atoms with Crippen molar-refractivity contribution < 1.29 is 9.53 Å². The molecule has 1 unspecified atom stereocenters. The van der Waals surface area contributed by atoms with Crippen LogP contribution in [0.15, 0.2) is 17.6 Å². The average molecular weight is 470 g/mol. The Balaban J connectivity index is 0.00000529. The fourth-order valence-electron chi connectivity index (χ4n) is 2.28. The summed E-state index contributed by atoms with van der Waals surface area (Å²) in [7, 11) is 1.79. The Morgan fingerprint density at radius 1 is 1.50 bits per heavy atom. The average Bonchev–Trinajstić information content (AvgIpc) is 2.89. The highest BCUT2D eigenvalue weighted by atomic mass is 127. The van der Waals surface area contributed by atoms with Gasteiger partial charge in [0.05, 0.1) is 6.04 Å². The summed E-state index contributed by atoms with van der Waals surface area (Å²) in [4.78, 5) is 18.3. The van der Waals surface area contributed by atoms with Gasteiger partial charge in [0.25, 0.3) is 0 Å². The second-order valence-corrected chi connectivity index (χ2v) is 7.57. The van der Waals surface area contributed by atoms with Gasteiger partial charge in [-0.05, 0) is 27.2 Å². The number of guanidine groups is 1. The molecule has 2 N–H and O–H groups in total. The van der Waals surface area contributed by atoms with E-state index in [0.717, 1.165) is 43.5 Å². The first-order valence-electron chi connectivity index (χ1n) is 7.99. The molecule has 1 rings (SSSR count). The van der Waals surface area contributed by atoms with E-state index in [1.54, 1.807) is 7.05 Å². The van der Waals surface area contributed by atoms with Gasteiger partial charge in [-0.15, -0.1) is 30.6 Å². The van der Waals surface area contributed by atoms with Crippen molar-refractivity contribution in [3.05, 3.63) is 12.7 Å². The van der Waals surface area contributed by atoms with Crippen molar-refractivity contribution in [1.82, 2.24) is 15.5 Å². The van der Waals surface area contributed by atoms with E-state index in [9.17, 15) is 4.79 Å². The summed E-state index contributed by atoms with van der Waals surface area (Å²) in [6, 6.07) is 0.0959. The summed E-state index contributed by atoms with van der Waals surface area (Å²) in [6.07, 6.45) is 2.45. The number of likely N-dealkylation sites (tertiary alicyclic amines) is 1. The summed E-state index contributed by atoms with van der Waals surface area (Å²) in [5, 5.41) is 6.29. The van der Waals surface area contributed by atoms with Crippen LogP contribution >= 0.6 is 35.7 Å². The van der Waals surface area contributed by atoms with Crippen molar-refractivity contribution in [1.29, 1.82) is 0 Å². The lowest BCUT2D eigenvalue weighted by Gasteiger charge is -2.23. The number of nitrogens with zero attached hydrogens (tertiary/aromatic N) is 2. The molecule has 0 aromatic rings. The molecule has 0 aromatic carbocycles. The monoisotopic (exact) mass is 470 g/mol. The highest BCUT2D eigenvalue weighted by Crippen LogP contribution is 2.12. The molecule has 0 aliphatic carbocycles. The van der Waals surface area contributed by atoms with Crippen molar-refractivity contribution in [3.8, 4) is 0 Å². The number of ether oxygens (including phenoxy) is 1. The van der Waals surface area contributed by atoms with Crippen molar-refractivity contribution in [2.75, 3.05) is 38.2 Å². The lowest BCUT2D eigenvalue weighted by Crippen LogP contribution is -2.44. The van der Waals surface area contributed by atoms with Crippen LogP contribution in [0, 0.1) is 0 Å². The SMILES string of the molecule is C=CCSCCNC(=NC)N1CCC(NC(=O)OC(C)(C)C)C1.I. The first kappa shape index (κ1) is 23.4. The zero-order valence-corrected chi connectivity index (χ0v) is 18.3. The van der Waals surface area contributed by atoms with Crippen LogP contribution in [0.4, 0.5) is 4.79 Å². The van der Waals surface area contributed by atoms with Gasteiger partial charge < -0.3 is 20.3 Å². The second kappa shape index (κ2) is 11.8. The third-order valence-corrected chi connectivity index (χ3v) is 4.15. The van der Waals surface area contributed by atoms with Crippen LogP contribution in [0.5, 0.6) is 0 Å². The zero-order chi connectivity index (χ0) is 17.3. The Hall–Kier alpha value is -0.640. The Morgan fingerprint density at radius 2 is 2.21 bits per heavy atom. The predicted molar refractivity (Wildman–Crippen MR) is 114 cm³/mol. The Morgan fingerprint density at radius 3 is 2.79 bits per heavy atom. The molecule has 140 valence electrons. The van der Waals surface area contributed by atoms with E-state index in [1.807, 2.05) is 38.6 Å². The zero-order valence-electron chi connectivity index (χ0n) is 15.1. The number of hydrogen-bond acceptors (Lipinski definition) is 4. The van der Waals surface area contributed by atoms with Gasteiger partial charge >= 0.3 is 6.09 Å². The largest absolute Gasteiger partial charge is 0.444 e. The fraction of sp³-hybridized carbons (Fsp3) is 0.750. The third-order valence-electron chi connectivity index (χ3n) is 3.19. The molecule has 8 heteroatoms. The van der Waals surface area contributed by atoms with Crippen molar-refractivity contribution in [2.45, 2.75) is 38.8 Å². The van der Waals surface area contributed by atoms with Crippen LogP contribution in [-0.4, -0.2) is 66.8 Å². The van der Waals surface area contributed by atoms with Crippen LogP contribution in [0.25, 0.3) is 0 Å². The lowest BCUT2D eigenvalue weighted by atomic mass is 10.2. The molecule has 0 radical (unpaired) electrons. The molecular weight excluding hydrogens is 439 g/mol. The Labute approximate surface area is 167 Å². The van der Waals surface area contributed by atoms with Gasteiger partial charge in [-0.2, -0.15) is 11.8 Å². The van der Waals surface area contributed by atoms with E-state index in [-0.39, 0.29) is 36.1 Å². The smallest absolute Gasteiger partial charge is 0.407 e. The van der Waals surface area contributed by atoms with Gasteiger partial charge in [-0.1, -0.05) is 6.08 Å². The maximum Gasteiger partial charge on any atom is 0.407 e. The number of carbonyl (C=O) groups excluding carboxylic acids is 1. The van der Waals surface area contributed by atoms with Gasteiger partial charge in [0, 0.05) is 38.2 Å². The lowest BCUT2D eigenvalue weighted by molar-refractivity contribution is 0.0507. The van der Waals surface area contributed by atoms with E-state index < -0.39 is 5.60 Å².